The molecule has 0 aliphatic rings. The summed E-state index contributed by atoms with van der Waals surface area (Å²) in [5.41, 5.74) is 5.49. The van der Waals surface area contributed by atoms with Gasteiger partial charge in [0.2, 0.25) is 0 Å². The molecule has 128 valence electrons. The Bertz CT molecular complexity index is 886. The van der Waals surface area contributed by atoms with Crippen molar-refractivity contribution in [3.63, 3.8) is 0 Å². The summed E-state index contributed by atoms with van der Waals surface area (Å²) >= 11 is 3.47. The van der Waals surface area contributed by atoms with E-state index in [0.29, 0.717) is 13.2 Å². The van der Waals surface area contributed by atoms with E-state index in [0.717, 1.165) is 32.6 Å². The first-order valence-corrected chi connectivity index (χ1v) is 8.44. The molecule has 3 aromatic rings. The first-order chi connectivity index (χ1) is 12.3. The van der Waals surface area contributed by atoms with Crippen molar-refractivity contribution < 1.29 is 4.74 Å². The lowest BCUT2D eigenvalue weighted by Crippen LogP contribution is -1.97. The topological polar surface area (TPSA) is 83.8 Å². The van der Waals surface area contributed by atoms with Crippen LogP contribution in [-0.2, 0) is 4.74 Å². The van der Waals surface area contributed by atoms with Gasteiger partial charge in [-0.2, -0.15) is 5.11 Å². The molecule has 8 heteroatoms. The van der Waals surface area contributed by atoms with Gasteiger partial charge < -0.3 is 10.1 Å². The summed E-state index contributed by atoms with van der Waals surface area (Å²) in [6, 6.07) is 13.6. The Hall–Kier alpha value is -2.58. The molecule has 0 radical (unpaired) electrons. The Kier molecular flexibility index (Phi) is 5.86. The van der Waals surface area contributed by atoms with Gasteiger partial charge in [0.05, 0.1) is 24.4 Å². The maximum absolute atomic E-state index is 4.92. The molecule has 2 N–H and O–H groups in total. The van der Waals surface area contributed by atoms with E-state index in [-0.39, 0.29) is 0 Å². The Morgan fingerprint density at radius 3 is 2.88 bits per heavy atom. The van der Waals surface area contributed by atoms with Gasteiger partial charge >= 0.3 is 0 Å². The number of nitrogens with one attached hydrogen (secondary N) is 2. The molecule has 1 aromatic heterocycles. The van der Waals surface area contributed by atoms with Crippen molar-refractivity contribution in [3.8, 4) is 0 Å². The summed E-state index contributed by atoms with van der Waals surface area (Å²) in [5.74, 6) is 0.725. The van der Waals surface area contributed by atoms with Crippen LogP contribution < -0.4 is 10.7 Å². The molecule has 0 aliphatic heterocycles. The second-order valence-corrected chi connectivity index (χ2v) is 6.07. The van der Waals surface area contributed by atoms with Crippen LogP contribution in [0.25, 0.3) is 10.9 Å². The molecule has 7 nitrogen and oxygen atoms in total. The van der Waals surface area contributed by atoms with Crippen molar-refractivity contribution in [2.45, 2.75) is 0 Å². The molecule has 0 atom stereocenters. The van der Waals surface area contributed by atoms with Crippen LogP contribution in [-0.4, -0.2) is 30.2 Å². The van der Waals surface area contributed by atoms with Crippen LogP contribution in [0.3, 0.4) is 0 Å². The molecular weight excluding hydrogens is 384 g/mol. The number of rotatable bonds is 7. The van der Waals surface area contributed by atoms with Gasteiger partial charge in [-0.15, -0.1) is 0 Å². The van der Waals surface area contributed by atoms with Gasteiger partial charge in [0.1, 0.15) is 12.1 Å². The van der Waals surface area contributed by atoms with Crippen LogP contribution in [0.5, 0.6) is 0 Å². The van der Waals surface area contributed by atoms with Crippen molar-refractivity contribution in [1.82, 2.24) is 9.97 Å². The number of hydrogen-bond donors (Lipinski definition) is 2. The minimum absolute atomic E-state index is 0.510. The fourth-order valence-electron chi connectivity index (χ4n) is 2.20. The van der Waals surface area contributed by atoms with Crippen molar-refractivity contribution in [1.29, 1.82) is 0 Å². The van der Waals surface area contributed by atoms with E-state index in [9.17, 15) is 0 Å². The average Bonchev–Trinajstić information content (AvgIpc) is 2.62. The maximum atomic E-state index is 4.92. The Labute approximate surface area is 153 Å². The first kappa shape index (κ1) is 17.2. The van der Waals surface area contributed by atoms with Crippen molar-refractivity contribution in [2.24, 2.45) is 10.3 Å². The van der Waals surface area contributed by atoms with Crippen LogP contribution in [0.2, 0.25) is 0 Å². The second-order valence-electron chi connectivity index (χ2n) is 5.16. The largest absolute Gasteiger partial charge is 0.383 e. The Balaban J connectivity index is 1.83. The summed E-state index contributed by atoms with van der Waals surface area (Å²) in [6.45, 7) is 1.05. The molecule has 0 fully saturated rings. The number of benzene rings is 2. The van der Waals surface area contributed by atoms with Gasteiger partial charge in [0.25, 0.3) is 0 Å². The lowest BCUT2D eigenvalue weighted by atomic mass is 10.2. The zero-order chi connectivity index (χ0) is 17.5. The zero-order valence-electron chi connectivity index (χ0n) is 13.6. The van der Waals surface area contributed by atoms with E-state index in [1.165, 1.54) is 0 Å². The Morgan fingerprint density at radius 2 is 2.04 bits per heavy atom. The van der Waals surface area contributed by atoms with Gasteiger partial charge in [0.15, 0.2) is 0 Å². The molecule has 0 aliphatic carbocycles. The van der Waals surface area contributed by atoms with Crippen LogP contribution in [0.4, 0.5) is 17.2 Å². The Morgan fingerprint density at radius 1 is 1.12 bits per heavy atom. The molecule has 0 spiro atoms. The molecule has 0 amide bonds. The summed E-state index contributed by atoms with van der Waals surface area (Å²) in [6.07, 6.45) is 1.54. The van der Waals surface area contributed by atoms with Crippen LogP contribution >= 0.6 is 15.9 Å². The fraction of sp³-hybridized carbons (Fsp3) is 0.176. The van der Waals surface area contributed by atoms with E-state index >= 15 is 0 Å². The molecule has 25 heavy (non-hydrogen) atoms. The third-order valence-electron chi connectivity index (χ3n) is 3.37. The molecular formula is C17H17BrN6O. The third-order valence-corrected chi connectivity index (χ3v) is 3.86. The van der Waals surface area contributed by atoms with Gasteiger partial charge in [-0.25, -0.2) is 9.97 Å². The van der Waals surface area contributed by atoms with Crippen LogP contribution in [0.15, 0.2) is 63.6 Å². The molecule has 1 heterocycles. The van der Waals surface area contributed by atoms with E-state index in [1.807, 2.05) is 42.5 Å². The lowest BCUT2D eigenvalue weighted by molar-refractivity contribution is 0.206. The number of halogens is 1. The summed E-state index contributed by atoms with van der Waals surface area (Å²) < 4.78 is 5.92. The highest BCUT2D eigenvalue weighted by molar-refractivity contribution is 9.10. The molecule has 0 saturated heterocycles. The van der Waals surface area contributed by atoms with Crippen molar-refractivity contribution >= 4 is 44.0 Å². The monoisotopic (exact) mass is 400 g/mol. The molecule has 0 unspecified atom stereocenters. The normalized spacial score (nSPS) is 11.1. The van der Waals surface area contributed by atoms with E-state index < -0.39 is 0 Å². The molecule has 0 saturated carbocycles. The van der Waals surface area contributed by atoms with Gasteiger partial charge in [0, 0.05) is 22.7 Å². The number of ether oxygens (including phenoxy) is 1. The van der Waals surface area contributed by atoms with Crippen LogP contribution in [0.1, 0.15) is 0 Å². The summed E-state index contributed by atoms with van der Waals surface area (Å²) in [5, 5.41) is 12.1. The number of fused-ring (bicyclic) bond motifs is 1. The molecule has 0 bridgehead atoms. The number of hydrogen-bond acceptors (Lipinski definition) is 6. The predicted molar refractivity (Wildman–Crippen MR) is 102 cm³/mol. The number of nitrogens with zero attached hydrogens (tertiary/aromatic N) is 4. The first-order valence-electron chi connectivity index (χ1n) is 7.65. The van der Waals surface area contributed by atoms with Gasteiger partial charge in [-0.1, -0.05) is 27.2 Å². The highest BCUT2D eigenvalue weighted by Gasteiger charge is 2.06. The lowest BCUT2D eigenvalue weighted by Gasteiger charge is -2.09. The highest BCUT2D eigenvalue weighted by Crippen LogP contribution is 2.26. The highest BCUT2D eigenvalue weighted by atomic mass is 79.9. The SMILES string of the molecule is COCCN=NNc1ccc2ncnc(Nc3cccc(Br)c3)c2c1. The van der Waals surface area contributed by atoms with Gasteiger partial charge in [-0.3, -0.25) is 5.43 Å². The predicted octanol–water partition coefficient (Wildman–Crippen LogP) is 4.56. The third kappa shape index (κ3) is 4.71. The van der Waals surface area contributed by atoms with Crippen molar-refractivity contribution in [2.75, 3.05) is 31.0 Å². The number of anilines is 3. The average molecular weight is 401 g/mol. The second kappa shape index (κ2) is 8.50. The quantitative estimate of drug-likeness (QED) is 0.345. The van der Waals surface area contributed by atoms with Crippen molar-refractivity contribution in [3.05, 3.63) is 53.3 Å². The summed E-state index contributed by atoms with van der Waals surface area (Å²) in [4.78, 5) is 8.66. The van der Waals surface area contributed by atoms with E-state index in [2.05, 4.69) is 47.0 Å². The zero-order valence-corrected chi connectivity index (χ0v) is 15.2. The maximum Gasteiger partial charge on any atom is 0.141 e. The van der Waals surface area contributed by atoms with Crippen LogP contribution in [0, 0.1) is 0 Å². The molecule has 3 rings (SSSR count). The number of methoxy groups -OCH3 is 1. The summed E-state index contributed by atoms with van der Waals surface area (Å²) in [7, 11) is 1.63. The van der Waals surface area contributed by atoms with E-state index in [1.54, 1.807) is 13.4 Å². The minimum atomic E-state index is 0.510. The minimum Gasteiger partial charge on any atom is -0.383 e. The molecule has 2 aromatic carbocycles. The number of aromatic nitrogens is 2. The fourth-order valence-corrected chi connectivity index (χ4v) is 2.60. The van der Waals surface area contributed by atoms with Gasteiger partial charge in [-0.05, 0) is 36.4 Å². The van der Waals surface area contributed by atoms with E-state index in [4.69, 9.17) is 4.74 Å². The standard InChI is InChI=1S/C17H17BrN6O/c1-25-8-7-21-24-23-14-5-6-16-15(10-14)17(20-11-19-16)22-13-4-2-3-12(18)9-13/h2-6,9-11H,7-8H2,1H3,(H,21,23)(H,19,20,22). The smallest absolute Gasteiger partial charge is 0.141 e.